The summed E-state index contributed by atoms with van der Waals surface area (Å²) in [7, 11) is -3.46. The summed E-state index contributed by atoms with van der Waals surface area (Å²) < 4.78 is 21.6. The van der Waals surface area contributed by atoms with Crippen molar-refractivity contribution in [1.82, 2.24) is 10.2 Å². The number of hydrogen-bond acceptors (Lipinski definition) is 5. The van der Waals surface area contributed by atoms with Gasteiger partial charge in [-0.2, -0.15) is 5.10 Å². The largest absolute Gasteiger partial charge is 0.367 e. The molecule has 0 aliphatic rings. The first-order valence-electron chi connectivity index (χ1n) is 5.01. The van der Waals surface area contributed by atoms with Crippen LogP contribution in [0.3, 0.4) is 0 Å². The van der Waals surface area contributed by atoms with Crippen molar-refractivity contribution in [1.29, 1.82) is 0 Å². The van der Waals surface area contributed by atoms with Crippen LogP contribution in [0.4, 0.5) is 5.82 Å². The molecule has 7 heteroatoms. The highest BCUT2D eigenvalue weighted by Gasteiger charge is 2.05. The van der Waals surface area contributed by atoms with E-state index in [4.69, 9.17) is 5.14 Å². The van der Waals surface area contributed by atoms with E-state index in [-0.39, 0.29) is 12.3 Å². The van der Waals surface area contributed by atoms with E-state index in [9.17, 15) is 8.42 Å². The van der Waals surface area contributed by atoms with Gasteiger partial charge in [-0.1, -0.05) is 24.3 Å². The minimum absolute atomic E-state index is 0.141. The molecule has 0 saturated heterocycles. The highest BCUT2D eigenvalue weighted by atomic mass is 32.2. The van der Waals surface area contributed by atoms with Crippen molar-refractivity contribution in [2.75, 3.05) is 17.6 Å². The molecule has 0 aliphatic carbocycles. The van der Waals surface area contributed by atoms with E-state index in [1.54, 1.807) is 6.20 Å². The van der Waals surface area contributed by atoms with Crippen LogP contribution in [0, 0.1) is 0 Å². The maximum absolute atomic E-state index is 10.8. The topological polar surface area (TPSA) is 98.0 Å². The second-order valence-electron chi connectivity index (χ2n) is 3.57. The zero-order chi connectivity index (χ0) is 12.3. The summed E-state index contributed by atoms with van der Waals surface area (Å²) in [5.41, 5.74) is 0. The fourth-order valence-electron chi connectivity index (χ4n) is 1.47. The van der Waals surface area contributed by atoms with E-state index >= 15 is 0 Å². The van der Waals surface area contributed by atoms with Gasteiger partial charge in [0.25, 0.3) is 0 Å². The van der Waals surface area contributed by atoms with Crippen LogP contribution in [0.5, 0.6) is 0 Å². The molecule has 0 fully saturated rings. The van der Waals surface area contributed by atoms with Crippen molar-refractivity contribution >= 4 is 26.6 Å². The number of rotatable bonds is 4. The summed E-state index contributed by atoms with van der Waals surface area (Å²) in [6.45, 7) is 0.210. The second-order valence-corrected chi connectivity index (χ2v) is 5.31. The molecule has 2 aromatic rings. The second kappa shape index (κ2) is 4.64. The Bertz CT molecular complexity index is 622. The van der Waals surface area contributed by atoms with Gasteiger partial charge in [-0.15, -0.1) is 5.10 Å². The number of fused-ring (bicyclic) bond motifs is 1. The number of primary sulfonamides is 1. The maximum atomic E-state index is 10.8. The Balaban J connectivity index is 2.19. The Morgan fingerprint density at radius 1 is 1.29 bits per heavy atom. The lowest BCUT2D eigenvalue weighted by molar-refractivity contribution is 0.598. The predicted molar refractivity (Wildman–Crippen MR) is 66.0 cm³/mol. The van der Waals surface area contributed by atoms with Gasteiger partial charge < -0.3 is 5.32 Å². The molecule has 1 aromatic carbocycles. The van der Waals surface area contributed by atoms with Crippen molar-refractivity contribution in [2.45, 2.75) is 0 Å². The van der Waals surface area contributed by atoms with Gasteiger partial charge in [0.15, 0.2) is 5.82 Å². The van der Waals surface area contributed by atoms with Crippen LogP contribution in [-0.4, -0.2) is 30.9 Å². The first-order valence-corrected chi connectivity index (χ1v) is 6.72. The molecular weight excluding hydrogens is 240 g/mol. The van der Waals surface area contributed by atoms with E-state index in [0.717, 1.165) is 10.8 Å². The number of sulfonamides is 1. The molecule has 2 rings (SSSR count). The molecule has 0 saturated carbocycles. The monoisotopic (exact) mass is 252 g/mol. The van der Waals surface area contributed by atoms with Crippen LogP contribution in [0.25, 0.3) is 10.8 Å². The summed E-state index contributed by atoms with van der Waals surface area (Å²) in [6, 6.07) is 7.59. The van der Waals surface area contributed by atoms with Crippen LogP contribution in [0.2, 0.25) is 0 Å². The molecule has 0 amide bonds. The normalized spacial score (nSPS) is 11.6. The molecule has 1 heterocycles. The number of benzene rings is 1. The highest BCUT2D eigenvalue weighted by molar-refractivity contribution is 7.89. The standard InChI is InChI=1S/C10H12N4O2S/c11-17(15,16)6-5-12-10-9-4-2-1-3-8(9)7-13-14-10/h1-4,7H,5-6H2,(H,12,14)(H2,11,15,16). The molecule has 17 heavy (non-hydrogen) atoms. The third kappa shape index (κ3) is 3.11. The summed E-state index contributed by atoms with van der Waals surface area (Å²) in [5.74, 6) is 0.421. The van der Waals surface area contributed by atoms with Crippen LogP contribution >= 0.6 is 0 Å². The fraction of sp³-hybridized carbons (Fsp3) is 0.200. The smallest absolute Gasteiger partial charge is 0.210 e. The lowest BCUT2D eigenvalue weighted by Gasteiger charge is -2.06. The molecule has 6 nitrogen and oxygen atoms in total. The van der Waals surface area contributed by atoms with Crippen LogP contribution in [0.1, 0.15) is 0 Å². The molecule has 0 aliphatic heterocycles. The molecule has 90 valence electrons. The Labute approximate surface area is 98.9 Å². The van der Waals surface area contributed by atoms with E-state index < -0.39 is 10.0 Å². The van der Waals surface area contributed by atoms with Gasteiger partial charge >= 0.3 is 0 Å². The maximum Gasteiger partial charge on any atom is 0.210 e. The number of hydrogen-bond donors (Lipinski definition) is 2. The lowest BCUT2D eigenvalue weighted by Crippen LogP contribution is -2.22. The number of nitrogens with two attached hydrogens (primary N) is 1. The Morgan fingerprint density at radius 3 is 2.82 bits per heavy atom. The van der Waals surface area contributed by atoms with Crippen molar-refractivity contribution in [3.8, 4) is 0 Å². The van der Waals surface area contributed by atoms with Crippen molar-refractivity contribution in [2.24, 2.45) is 5.14 Å². The minimum Gasteiger partial charge on any atom is -0.367 e. The molecule has 0 bridgehead atoms. The number of anilines is 1. The molecule has 0 radical (unpaired) electrons. The average Bonchev–Trinajstić information content (AvgIpc) is 2.28. The summed E-state index contributed by atoms with van der Waals surface area (Å²) in [6.07, 6.45) is 1.65. The van der Waals surface area contributed by atoms with Gasteiger partial charge in [0.2, 0.25) is 10.0 Å². The quantitative estimate of drug-likeness (QED) is 0.817. The molecule has 0 atom stereocenters. The minimum atomic E-state index is -3.46. The van der Waals surface area contributed by atoms with E-state index in [0.29, 0.717) is 5.82 Å². The molecule has 1 aromatic heterocycles. The zero-order valence-corrected chi connectivity index (χ0v) is 9.81. The molecule has 0 spiro atoms. The first kappa shape index (κ1) is 11.7. The number of nitrogens with zero attached hydrogens (tertiary/aromatic N) is 2. The Hall–Kier alpha value is -1.73. The van der Waals surface area contributed by atoms with Crippen LogP contribution < -0.4 is 10.5 Å². The van der Waals surface area contributed by atoms with Gasteiger partial charge in [0, 0.05) is 17.3 Å². The van der Waals surface area contributed by atoms with Crippen LogP contribution in [0.15, 0.2) is 30.5 Å². The number of nitrogens with one attached hydrogen (secondary N) is 1. The Morgan fingerprint density at radius 2 is 2.06 bits per heavy atom. The first-order chi connectivity index (χ1) is 8.06. The van der Waals surface area contributed by atoms with Gasteiger partial charge in [0.1, 0.15) is 0 Å². The van der Waals surface area contributed by atoms with Crippen molar-refractivity contribution in [3.63, 3.8) is 0 Å². The zero-order valence-electron chi connectivity index (χ0n) is 9.00. The average molecular weight is 252 g/mol. The van der Waals surface area contributed by atoms with Crippen LogP contribution in [-0.2, 0) is 10.0 Å². The molecule has 3 N–H and O–H groups in total. The summed E-state index contributed by atoms with van der Waals surface area (Å²) >= 11 is 0. The van der Waals surface area contributed by atoms with Gasteiger partial charge in [-0.3, -0.25) is 0 Å². The molecular formula is C10H12N4O2S. The van der Waals surface area contributed by atoms with Crippen molar-refractivity contribution in [3.05, 3.63) is 30.5 Å². The van der Waals surface area contributed by atoms with Gasteiger partial charge in [0.05, 0.1) is 11.9 Å². The van der Waals surface area contributed by atoms with E-state index in [2.05, 4.69) is 15.5 Å². The lowest BCUT2D eigenvalue weighted by atomic mass is 10.2. The van der Waals surface area contributed by atoms with E-state index in [1.165, 1.54) is 0 Å². The fourth-order valence-corrected chi connectivity index (χ4v) is 1.86. The van der Waals surface area contributed by atoms with Gasteiger partial charge in [-0.25, -0.2) is 13.6 Å². The van der Waals surface area contributed by atoms with Crippen molar-refractivity contribution < 1.29 is 8.42 Å². The summed E-state index contributed by atoms with van der Waals surface area (Å²) in [4.78, 5) is 0. The summed E-state index contributed by atoms with van der Waals surface area (Å²) in [5, 5.41) is 17.4. The number of aromatic nitrogens is 2. The molecule has 0 unspecified atom stereocenters. The Kier molecular flexibility index (Phi) is 3.21. The van der Waals surface area contributed by atoms with E-state index in [1.807, 2.05) is 24.3 Å². The third-order valence-corrected chi connectivity index (χ3v) is 3.02. The SMILES string of the molecule is NS(=O)(=O)CCNc1nncc2ccccc12. The highest BCUT2D eigenvalue weighted by Crippen LogP contribution is 2.18. The van der Waals surface area contributed by atoms with Gasteiger partial charge in [-0.05, 0) is 0 Å². The third-order valence-electron chi connectivity index (χ3n) is 2.25. The predicted octanol–water partition coefficient (Wildman–Crippen LogP) is 0.330.